The standard InChI is InChI=1S/C17H24N2O3/c1-16(2,3)19-15(21)14(20)18-11-17(22,13-9-10-13)12-7-5-4-6-8-12/h4-8,13,22H,9-11H2,1-3H3,(H,18,20)(H,19,21). The molecule has 0 aliphatic heterocycles. The fourth-order valence-corrected chi connectivity index (χ4v) is 2.46. The smallest absolute Gasteiger partial charge is 0.309 e. The molecule has 1 fully saturated rings. The zero-order valence-electron chi connectivity index (χ0n) is 13.3. The highest BCUT2D eigenvalue weighted by Gasteiger charge is 2.45. The van der Waals surface area contributed by atoms with Gasteiger partial charge in [0.1, 0.15) is 5.60 Å². The zero-order chi connectivity index (χ0) is 16.4. The molecule has 22 heavy (non-hydrogen) atoms. The van der Waals surface area contributed by atoms with Crippen LogP contribution in [-0.2, 0) is 15.2 Å². The minimum absolute atomic E-state index is 0.0398. The third kappa shape index (κ3) is 4.07. The van der Waals surface area contributed by atoms with Gasteiger partial charge in [-0.15, -0.1) is 0 Å². The SMILES string of the molecule is CC(C)(C)NC(=O)C(=O)NCC(O)(c1ccccc1)C1CC1. The van der Waals surface area contributed by atoms with E-state index in [4.69, 9.17) is 0 Å². The highest BCUT2D eigenvalue weighted by molar-refractivity contribution is 6.35. The van der Waals surface area contributed by atoms with Crippen molar-refractivity contribution in [1.29, 1.82) is 0 Å². The lowest BCUT2D eigenvalue weighted by Crippen LogP contribution is -2.51. The summed E-state index contributed by atoms with van der Waals surface area (Å²) in [7, 11) is 0. The summed E-state index contributed by atoms with van der Waals surface area (Å²) < 4.78 is 0. The largest absolute Gasteiger partial charge is 0.383 e. The van der Waals surface area contributed by atoms with Crippen molar-refractivity contribution in [3.8, 4) is 0 Å². The minimum atomic E-state index is -1.11. The molecule has 2 rings (SSSR count). The summed E-state index contributed by atoms with van der Waals surface area (Å²) in [5.74, 6) is -1.27. The van der Waals surface area contributed by atoms with E-state index in [0.29, 0.717) is 0 Å². The van der Waals surface area contributed by atoms with Crippen molar-refractivity contribution in [2.45, 2.75) is 44.8 Å². The Morgan fingerprint density at radius 3 is 2.23 bits per heavy atom. The Morgan fingerprint density at radius 2 is 1.73 bits per heavy atom. The third-order valence-corrected chi connectivity index (χ3v) is 3.74. The Morgan fingerprint density at radius 1 is 1.14 bits per heavy atom. The molecule has 5 nitrogen and oxygen atoms in total. The number of nitrogens with one attached hydrogen (secondary N) is 2. The summed E-state index contributed by atoms with van der Waals surface area (Å²) in [5, 5.41) is 16.1. The molecule has 1 aliphatic rings. The van der Waals surface area contributed by atoms with Crippen LogP contribution in [-0.4, -0.2) is 29.0 Å². The normalized spacial score (nSPS) is 17.5. The molecule has 1 saturated carbocycles. The van der Waals surface area contributed by atoms with Gasteiger partial charge in [-0.25, -0.2) is 0 Å². The molecule has 120 valence electrons. The molecule has 1 aromatic carbocycles. The number of hydrogen-bond donors (Lipinski definition) is 3. The molecule has 1 unspecified atom stereocenters. The van der Waals surface area contributed by atoms with Crippen LogP contribution in [0.4, 0.5) is 0 Å². The van der Waals surface area contributed by atoms with Crippen LogP contribution < -0.4 is 10.6 Å². The van der Waals surface area contributed by atoms with E-state index in [2.05, 4.69) is 10.6 Å². The molecular weight excluding hydrogens is 280 g/mol. The Balaban J connectivity index is 2.01. The van der Waals surface area contributed by atoms with E-state index >= 15 is 0 Å². The minimum Gasteiger partial charge on any atom is -0.383 e. The summed E-state index contributed by atoms with van der Waals surface area (Å²) in [6.45, 7) is 5.46. The lowest BCUT2D eigenvalue weighted by molar-refractivity contribution is -0.140. The molecule has 5 heteroatoms. The Kier molecular flexibility index (Phi) is 4.56. The van der Waals surface area contributed by atoms with E-state index in [-0.39, 0.29) is 12.5 Å². The molecule has 1 atom stereocenters. The topological polar surface area (TPSA) is 78.4 Å². The van der Waals surface area contributed by atoms with Crippen LogP contribution >= 0.6 is 0 Å². The second kappa shape index (κ2) is 6.08. The third-order valence-electron chi connectivity index (χ3n) is 3.74. The molecule has 3 N–H and O–H groups in total. The van der Waals surface area contributed by atoms with Gasteiger partial charge in [-0.1, -0.05) is 30.3 Å². The maximum Gasteiger partial charge on any atom is 0.309 e. The number of aliphatic hydroxyl groups is 1. The van der Waals surface area contributed by atoms with E-state index in [1.54, 1.807) is 0 Å². The van der Waals surface area contributed by atoms with Crippen molar-refractivity contribution < 1.29 is 14.7 Å². The molecule has 1 aromatic rings. The fraction of sp³-hybridized carbons (Fsp3) is 0.529. The highest BCUT2D eigenvalue weighted by atomic mass is 16.3. The Hall–Kier alpha value is -1.88. The van der Waals surface area contributed by atoms with Crippen LogP contribution in [0.15, 0.2) is 30.3 Å². The average molecular weight is 304 g/mol. The molecule has 0 radical (unpaired) electrons. The van der Waals surface area contributed by atoms with Crippen molar-refractivity contribution in [1.82, 2.24) is 10.6 Å². The first-order chi connectivity index (χ1) is 10.2. The van der Waals surface area contributed by atoms with Gasteiger partial charge >= 0.3 is 11.8 Å². The first-order valence-electron chi connectivity index (χ1n) is 7.60. The van der Waals surface area contributed by atoms with Crippen molar-refractivity contribution in [3.05, 3.63) is 35.9 Å². The molecule has 1 aliphatic carbocycles. The second-order valence-corrected chi connectivity index (χ2v) is 6.95. The molecular formula is C17H24N2O3. The number of amides is 2. The van der Waals surface area contributed by atoms with Crippen LogP contribution in [0.25, 0.3) is 0 Å². The highest BCUT2D eigenvalue weighted by Crippen LogP contribution is 2.45. The van der Waals surface area contributed by atoms with E-state index in [0.717, 1.165) is 18.4 Å². The Bertz CT molecular complexity index is 547. The summed E-state index contributed by atoms with van der Waals surface area (Å²) in [4.78, 5) is 23.7. The lowest BCUT2D eigenvalue weighted by atomic mass is 9.88. The van der Waals surface area contributed by atoms with Gasteiger partial charge in [0.2, 0.25) is 0 Å². The van der Waals surface area contributed by atoms with Crippen molar-refractivity contribution in [2.75, 3.05) is 6.54 Å². The number of carbonyl (C=O) groups is 2. The van der Waals surface area contributed by atoms with Crippen molar-refractivity contribution >= 4 is 11.8 Å². The zero-order valence-corrected chi connectivity index (χ0v) is 13.3. The molecule has 0 bridgehead atoms. The van der Waals surface area contributed by atoms with E-state index in [1.165, 1.54) is 0 Å². The van der Waals surface area contributed by atoms with Gasteiger partial charge < -0.3 is 15.7 Å². The van der Waals surface area contributed by atoms with E-state index in [9.17, 15) is 14.7 Å². The monoisotopic (exact) mass is 304 g/mol. The summed E-state index contributed by atoms with van der Waals surface area (Å²) >= 11 is 0. The van der Waals surface area contributed by atoms with Crippen LogP contribution in [0.5, 0.6) is 0 Å². The van der Waals surface area contributed by atoms with E-state index in [1.807, 2.05) is 51.1 Å². The van der Waals surface area contributed by atoms with Gasteiger partial charge in [0.15, 0.2) is 0 Å². The summed E-state index contributed by atoms with van der Waals surface area (Å²) in [6, 6.07) is 9.29. The van der Waals surface area contributed by atoms with Crippen LogP contribution in [0.2, 0.25) is 0 Å². The van der Waals surface area contributed by atoms with Gasteiger partial charge in [0, 0.05) is 5.54 Å². The van der Waals surface area contributed by atoms with Crippen molar-refractivity contribution in [3.63, 3.8) is 0 Å². The predicted molar refractivity (Wildman–Crippen MR) is 84.0 cm³/mol. The second-order valence-electron chi connectivity index (χ2n) is 6.95. The Labute approximate surface area is 131 Å². The summed E-state index contributed by atoms with van der Waals surface area (Å²) in [5.41, 5.74) is -0.811. The number of hydrogen-bond acceptors (Lipinski definition) is 3. The van der Waals surface area contributed by atoms with Crippen LogP contribution in [0, 0.1) is 5.92 Å². The maximum atomic E-state index is 11.9. The number of rotatable bonds is 4. The molecule has 0 saturated heterocycles. The van der Waals surface area contributed by atoms with Gasteiger partial charge in [-0.05, 0) is 45.1 Å². The van der Waals surface area contributed by atoms with Crippen LogP contribution in [0.1, 0.15) is 39.2 Å². The van der Waals surface area contributed by atoms with Gasteiger partial charge in [0.05, 0.1) is 6.54 Å². The lowest BCUT2D eigenvalue weighted by Gasteiger charge is -2.29. The molecule has 2 amide bonds. The fourth-order valence-electron chi connectivity index (χ4n) is 2.46. The number of carbonyl (C=O) groups excluding carboxylic acids is 2. The first-order valence-corrected chi connectivity index (χ1v) is 7.60. The number of benzene rings is 1. The quantitative estimate of drug-likeness (QED) is 0.734. The van der Waals surface area contributed by atoms with Crippen LogP contribution in [0.3, 0.4) is 0 Å². The average Bonchev–Trinajstić information content (AvgIpc) is 3.28. The van der Waals surface area contributed by atoms with Gasteiger partial charge in [-0.3, -0.25) is 9.59 Å². The first kappa shape index (κ1) is 16.5. The molecule has 0 spiro atoms. The molecule has 0 heterocycles. The predicted octanol–water partition coefficient (Wildman–Crippen LogP) is 1.32. The van der Waals surface area contributed by atoms with E-state index < -0.39 is 23.0 Å². The van der Waals surface area contributed by atoms with Gasteiger partial charge in [-0.2, -0.15) is 0 Å². The maximum absolute atomic E-state index is 11.9. The summed E-state index contributed by atoms with van der Waals surface area (Å²) in [6.07, 6.45) is 1.85. The molecule has 0 aromatic heterocycles. The van der Waals surface area contributed by atoms with Gasteiger partial charge in [0.25, 0.3) is 0 Å². The van der Waals surface area contributed by atoms with Crippen molar-refractivity contribution in [2.24, 2.45) is 5.92 Å².